The summed E-state index contributed by atoms with van der Waals surface area (Å²) in [6, 6.07) is 1.98. The molecule has 2 rings (SSSR count). The third kappa shape index (κ3) is 2.53. The minimum absolute atomic E-state index is 0.0145. The summed E-state index contributed by atoms with van der Waals surface area (Å²) in [4.78, 5) is 6.78. The number of nitrogens with one attached hydrogen (secondary N) is 1. The Morgan fingerprint density at radius 3 is 2.60 bits per heavy atom. The smallest absolute Gasteiger partial charge is 0.128 e. The first kappa shape index (κ1) is 15.2. The lowest BCUT2D eigenvalue weighted by Crippen LogP contribution is -2.55. The van der Waals surface area contributed by atoms with E-state index in [1.54, 1.807) is 6.20 Å². The Morgan fingerprint density at radius 1 is 1.45 bits per heavy atom. The predicted octanol–water partition coefficient (Wildman–Crippen LogP) is 1.74. The van der Waals surface area contributed by atoms with E-state index < -0.39 is 0 Å². The average Bonchev–Trinajstić information content (AvgIpc) is 2.97. The molecular weight excluding hydrogens is 250 g/mol. The molecular formula is C15H27N5. The summed E-state index contributed by atoms with van der Waals surface area (Å²) < 4.78 is 0. The molecule has 0 bridgehead atoms. The second-order valence-electron chi connectivity index (χ2n) is 5.93. The Kier molecular flexibility index (Phi) is 4.62. The Hall–Kier alpha value is -1.17. The molecule has 0 aliphatic carbocycles. The van der Waals surface area contributed by atoms with Crippen molar-refractivity contribution in [3.8, 4) is 0 Å². The zero-order chi connectivity index (χ0) is 14.8. The molecule has 2 heterocycles. The van der Waals surface area contributed by atoms with Crippen LogP contribution in [0.15, 0.2) is 12.3 Å². The number of pyridine rings is 1. The van der Waals surface area contributed by atoms with Crippen molar-refractivity contribution in [2.45, 2.75) is 51.6 Å². The lowest BCUT2D eigenvalue weighted by atomic mass is 9.82. The molecule has 1 aliphatic heterocycles. The molecule has 20 heavy (non-hydrogen) atoms. The fourth-order valence-electron chi connectivity index (χ4n) is 3.38. The van der Waals surface area contributed by atoms with E-state index in [-0.39, 0.29) is 11.6 Å². The van der Waals surface area contributed by atoms with Crippen LogP contribution in [-0.2, 0) is 0 Å². The Bertz CT molecular complexity index is 435. The van der Waals surface area contributed by atoms with Gasteiger partial charge in [0.25, 0.3) is 0 Å². The van der Waals surface area contributed by atoms with Crippen LogP contribution < -0.4 is 17.0 Å². The molecule has 1 aromatic heterocycles. The minimum Gasteiger partial charge on any atom is -0.383 e. The molecule has 2 atom stereocenters. The van der Waals surface area contributed by atoms with Gasteiger partial charge in [0, 0.05) is 17.3 Å². The summed E-state index contributed by atoms with van der Waals surface area (Å²) in [6.07, 6.45) is 5.28. The number of aryl methyl sites for hydroxylation is 1. The third-order valence-electron chi connectivity index (χ3n) is 4.86. The summed E-state index contributed by atoms with van der Waals surface area (Å²) in [6.45, 7) is 8.81. The fraction of sp³-hybridized carbons (Fsp3) is 0.667. The number of nitrogens with zero attached hydrogens (tertiary/aromatic N) is 2. The zero-order valence-electron chi connectivity index (χ0n) is 12.8. The van der Waals surface area contributed by atoms with E-state index in [0.29, 0.717) is 5.82 Å². The molecule has 1 aliphatic rings. The molecule has 0 spiro atoms. The van der Waals surface area contributed by atoms with Gasteiger partial charge >= 0.3 is 0 Å². The van der Waals surface area contributed by atoms with Crippen molar-refractivity contribution in [3.05, 3.63) is 23.4 Å². The van der Waals surface area contributed by atoms with Crippen LogP contribution in [0.1, 0.15) is 50.3 Å². The number of likely N-dealkylation sites (tertiary alicyclic amines) is 1. The topological polar surface area (TPSA) is 80.2 Å². The first-order valence-corrected chi connectivity index (χ1v) is 7.46. The summed E-state index contributed by atoms with van der Waals surface area (Å²) >= 11 is 0. The number of anilines is 1. The summed E-state index contributed by atoms with van der Waals surface area (Å²) in [7, 11) is 0. The lowest BCUT2D eigenvalue weighted by molar-refractivity contribution is 0.0839. The van der Waals surface area contributed by atoms with Crippen molar-refractivity contribution < 1.29 is 0 Å². The number of nitrogen functional groups attached to an aromatic ring is 1. The summed E-state index contributed by atoms with van der Waals surface area (Å²) in [5, 5.41) is 0. The van der Waals surface area contributed by atoms with Gasteiger partial charge in [-0.15, -0.1) is 0 Å². The van der Waals surface area contributed by atoms with Crippen molar-refractivity contribution >= 4 is 5.82 Å². The van der Waals surface area contributed by atoms with Crippen molar-refractivity contribution in [2.75, 3.05) is 18.8 Å². The van der Waals surface area contributed by atoms with Gasteiger partial charge in [0.05, 0.1) is 6.04 Å². The molecule has 0 saturated carbocycles. The van der Waals surface area contributed by atoms with Crippen molar-refractivity contribution in [1.29, 1.82) is 0 Å². The quantitative estimate of drug-likeness (QED) is 0.564. The van der Waals surface area contributed by atoms with Gasteiger partial charge in [-0.25, -0.2) is 4.98 Å². The molecule has 1 aromatic rings. The van der Waals surface area contributed by atoms with Gasteiger partial charge in [0.15, 0.2) is 0 Å². The monoisotopic (exact) mass is 277 g/mol. The molecule has 1 saturated heterocycles. The van der Waals surface area contributed by atoms with Crippen molar-refractivity contribution in [1.82, 2.24) is 15.3 Å². The Labute approximate surface area is 121 Å². The number of hydrazine groups is 1. The maximum Gasteiger partial charge on any atom is 0.128 e. The standard InChI is InChI=1S/C15H27N5/c1-4-15(3,20-9-5-6-10-20)13(19-17)12-11(2)7-8-18-14(12)16/h7-8,13,19H,4-6,9-10,17H2,1-3H3,(H2,16,18). The molecule has 2 unspecified atom stereocenters. The molecule has 0 aromatic carbocycles. The van der Waals surface area contributed by atoms with Crippen LogP contribution in [-0.4, -0.2) is 28.5 Å². The molecule has 5 N–H and O–H groups in total. The Morgan fingerprint density at radius 2 is 2.10 bits per heavy atom. The second kappa shape index (κ2) is 6.08. The zero-order valence-corrected chi connectivity index (χ0v) is 12.8. The van der Waals surface area contributed by atoms with Gasteiger partial charge in [-0.2, -0.15) is 0 Å². The van der Waals surface area contributed by atoms with Crippen LogP contribution in [0, 0.1) is 6.92 Å². The molecule has 1 fully saturated rings. The van der Waals surface area contributed by atoms with E-state index in [0.717, 1.165) is 30.6 Å². The number of aromatic nitrogens is 1. The largest absolute Gasteiger partial charge is 0.383 e. The second-order valence-corrected chi connectivity index (χ2v) is 5.93. The van der Waals surface area contributed by atoms with Crippen LogP contribution in [0.4, 0.5) is 5.82 Å². The van der Waals surface area contributed by atoms with E-state index in [1.807, 2.05) is 6.07 Å². The normalized spacial score (nSPS) is 20.8. The van der Waals surface area contributed by atoms with Crippen LogP contribution >= 0.6 is 0 Å². The van der Waals surface area contributed by atoms with E-state index in [1.165, 1.54) is 12.8 Å². The van der Waals surface area contributed by atoms with Gasteiger partial charge in [0.2, 0.25) is 0 Å². The molecule has 112 valence electrons. The van der Waals surface area contributed by atoms with E-state index in [9.17, 15) is 0 Å². The minimum atomic E-state index is -0.0484. The SMILES string of the molecule is CCC(C)(C(NN)c1c(C)ccnc1N)N1CCCC1. The highest BCUT2D eigenvalue weighted by Crippen LogP contribution is 2.38. The Balaban J connectivity index is 2.43. The average molecular weight is 277 g/mol. The van der Waals surface area contributed by atoms with Gasteiger partial charge in [-0.1, -0.05) is 6.92 Å². The number of nitrogens with two attached hydrogens (primary N) is 2. The number of rotatable bonds is 5. The first-order chi connectivity index (χ1) is 9.54. The van der Waals surface area contributed by atoms with E-state index in [2.05, 4.69) is 36.1 Å². The molecule has 5 nitrogen and oxygen atoms in total. The van der Waals surface area contributed by atoms with Crippen LogP contribution in [0.5, 0.6) is 0 Å². The molecule has 5 heteroatoms. The van der Waals surface area contributed by atoms with E-state index >= 15 is 0 Å². The highest BCUT2D eigenvalue weighted by molar-refractivity contribution is 5.47. The van der Waals surface area contributed by atoms with Gasteiger partial charge in [0.1, 0.15) is 5.82 Å². The maximum absolute atomic E-state index is 6.12. The summed E-state index contributed by atoms with van der Waals surface area (Å²) in [5.41, 5.74) is 11.3. The van der Waals surface area contributed by atoms with Gasteiger partial charge in [-0.3, -0.25) is 16.2 Å². The third-order valence-corrected chi connectivity index (χ3v) is 4.86. The van der Waals surface area contributed by atoms with Gasteiger partial charge in [-0.05, 0) is 57.8 Å². The van der Waals surface area contributed by atoms with Crippen LogP contribution in [0.3, 0.4) is 0 Å². The maximum atomic E-state index is 6.12. The van der Waals surface area contributed by atoms with Crippen molar-refractivity contribution in [2.24, 2.45) is 5.84 Å². The van der Waals surface area contributed by atoms with Crippen molar-refractivity contribution in [3.63, 3.8) is 0 Å². The lowest BCUT2D eigenvalue weighted by Gasteiger charge is -2.45. The molecule has 0 radical (unpaired) electrons. The molecule has 0 amide bonds. The number of hydrogen-bond donors (Lipinski definition) is 3. The summed E-state index contributed by atoms with van der Waals surface area (Å²) in [5.74, 6) is 6.49. The highest BCUT2D eigenvalue weighted by Gasteiger charge is 2.41. The van der Waals surface area contributed by atoms with Crippen LogP contribution in [0.2, 0.25) is 0 Å². The highest BCUT2D eigenvalue weighted by atomic mass is 15.3. The first-order valence-electron chi connectivity index (χ1n) is 7.46. The predicted molar refractivity (Wildman–Crippen MR) is 83.0 cm³/mol. The number of hydrogen-bond acceptors (Lipinski definition) is 5. The van der Waals surface area contributed by atoms with Gasteiger partial charge < -0.3 is 5.73 Å². The van der Waals surface area contributed by atoms with E-state index in [4.69, 9.17) is 11.6 Å². The fourth-order valence-corrected chi connectivity index (χ4v) is 3.38. The van der Waals surface area contributed by atoms with Crippen LogP contribution in [0.25, 0.3) is 0 Å².